The summed E-state index contributed by atoms with van der Waals surface area (Å²) in [4.78, 5) is 7.84. The zero-order valence-corrected chi connectivity index (χ0v) is 14.1. The SMILES string of the molecule is S=C(NCN1CCCC1)C(Cc1ccccc1)c1ccccn1. The van der Waals surface area contributed by atoms with Gasteiger partial charge in [-0.15, -0.1) is 0 Å². The quantitative estimate of drug-likeness (QED) is 0.824. The Labute approximate surface area is 143 Å². The molecule has 2 heterocycles. The Bertz CT molecular complexity index is 609. The van der Waals surface area contributed by atoms with Crippen molar-refractivity contribution in [3.8, 4) is 0 Å². The molecule has 1 fully saturated rings. The average molecular weight is 325 g/mol. The van der Waals surface area contributed by atoms with E-state index in [2.05, 4.69) is 45.5 Å². The number of rotatable bonds is 6. The average Bonchev–Trinajstić information content (AvgIpc) is 3.13. The Morgan fingerprint density at radius 2 is 1.83 bits per heavy atom. The van der Waals surface area contributed by atoms with E-state index in [1.54, 1.807) is 0 Å². The Morgan fingerprint density at radius 1 is 1.09 bits per heavy atom. The lowest BCUT2D eigenvalue weighted by Crippen LogP contribution is -2.38. The van der Waals surface area contributed by atoms with Crippen LogP contribution in [-0.4, -0.2) is 34.6 Å². The van der Waals surface area contributed by atoms with Crippen LogP contribution >= 0.6 is 12.2 Å². The van der Waals surface area contributed by atoms with E-state index in [0.717, 1.165) is 23.8 Å². The van der Waals surface area contributed by atoms with E-state index in [-0.39, 0.29) is 5.92 Å². The van der Waals surface area contributed by atoms with Crippen LogP contribution in [0.4, 0.5) is 0 Å². The Kier molecular flexibility index (Phi) is 5.72. The summed E-state index contributed by atoms with van der Waals surface area (Å²) in [6.07, 6.45) is 5.31. The summed E-state index contributed by atoms with van der Waals surface area (Å²) in [5.41, 5.74) is 2.32. The van der Waals surface area contributed by atoms with Gasteiger partial charge in [0.05, 0.1) is 23.3 Å². The van der Waals surface area contributed by atoms with Gasteiger partial charge in [-0.2, -0.15) is 0 Å². The molecule has 1 unspecified atom stereocenters. The van der Waals surface area contributed by atoms with E-state index < -0.39 is 0 Å². The minimum atomic E-state index is 0.121. The maximum absolute atomic E-state index is 5.71. The fourth-order valence-electron chi connectivity index (χ4n) is 3.02. The van der Waals surface area contributed by atoms with Gasteiger partial charge in [0.2, 0.25) is 0 Å². The third-order valence-corrected chi connectivity index (χ3v) is 4.75. The van der Waals surface area contributed by atoms with Crippen LogP contribution in [0.25, 0.3) is 0 Å². The molecular formula is C19H23N3S. The van der Waals surface area contributed by atoms with Crippen molar-refractivity contribution in [2.24, 2.45) is 0 Å². The van der Waals surface area contributed by atoms with Crippen molar-refractivity contribution in [2.45, 2.75) is 25.2 Å². The monoisotopic (exact) mass is 325 g/mol. The van der Waals surface area contributed by atoms with Gasteiger partial charge in [0.25, 0.3) is 0 Å². The van der Waals surface area contributed by atoms with Crippen molar-refractivity contribution in [3.05, 3.63) is 66.0 Å². The third-order valence-electron chi connectivity index (χ3n) is 4.32. The minimum absolute atomic E-state index is 0.121. The van der Waals surface area contributed by atoms with Crippen molar-refractivity contribution in [1.82, 2.24) is 15.2 Å². The van der Waals surface area contributed by atoms with Crippen molar-refractivity contribution < 1.29 is 0 Å². The first-order valence-electron chi connectivity index (χ1n) is 8.28. The number of nitrogens with one attached hydrogen (secondary N) is 1. The maximum Gasteiger partial charge on any atom is 0.0858 e. The Hall–Kier alpha value is -1.78. The molecule has 3 rings (SSSR count). The number of thiocarbonyl (C=S) groups is 1. The first-order valence-corrected chi connectivity index (χ1v) is 8.68. The fourth-order valence-corrected chi connectivity index (χ4v) is 3.29. The molecule has 1 aromatic heterocycles. The molecule has 2 aromatic rings. The predicted molar refractivity (Wildman–Crippen MR) is 98.5 cm³/mol. The van der Waals surface area contributed by atoms with Gasteiger partial charge in [-0.3, -0.25) is 9.88 Å². The summed E-state index contributed by atoms with van der Waals surface area (Å²) in [7, 11) is 0. The molecule has 1 aliphatic heterocycles. The second kappa shape index (κ2) is 8.18. The van der Waals surface area contributed by atoms with Gasteiger partial charge in [-0.25, -0.2) is 0 Å². The van der Waals surface area contributed by atoms with Crippen molar-refractivity contribution >= 4 is 17.2 Å². The van der Waals surface area contributed by atoms with Crippen LogP contribution in [0.15, 0.2) is 54.7 Å². The lowest BCUT2D eigenvalue weighted by molar-refractivity contribution is 0.332. The number of hydrogen-bond donors (Lipinski definition) is 1. The van der Waals surface area contributed by atoms with Crippen molar-refractivity contribution in [3.63, 3.8) is 0 Å². The van der Waals surface area contributed by atoms with Gasteiger partial charge in [-0.1, -0.05) is 48.6 Å². The van der Waals surface area contributed by atoms with E-state index >= 15 is 0 Å². The van der Waals surface area contributed by atoms with Crippen molar-refractivity contribution in [1.29, 1.82) is 0 Å². The van der Waals surface area contributed by atoms with Crippen LogP contribution in [0.1, 0.15) is 30.0 Å². The summed E-state index contributed by atoms with van der Waals surface area (Å²) >= 11 is 5.71. The molecule has 3 nitrogen and oxygen atoms in total. The molecular weight excluding hydrogens is 302 g/mol. The molecule has 1 aliphatic rings. The second-order valence-corrected chi connectivity index (χ2v) is 6.46. The first kappa shape index (κ1) is 16.1. The number of benzene rings is 1. The van der Waals surface area contributed by atoms with Crippen LogP contribution in [-0.2, 0) is 6.42 Å². The molecule has 1 N–H and O–H groups in total. The lowest BCUT2D eigenvalue weighted by atomic mass is 9.95. The Balaban J connectivity index is 1.70. The fraction of sp³-hybridized carbons (Fsp3) is 0.368. The van der Waals surface area contributed by atoms with Crippen molar-refractivity contribution in [2.75, 3.05) is 19.8 Å². The largest absolute Gasteiger partial charge is 0.366 e. The highest BCUT2D eigenvalue weighted by Crippen LogP contribution is 2.20. The first-order chi connectivity index (χ1) is 11.3. The van der Waals surface area contributed by atoms with E-state index in [1.165, 1.54) is 31.5 Å². The van der Waals surface area contributed by atoms with E-state index in [1.807, 2.05) is 24.4 Å². The Morgan fingerprint density at radius 3 is 2.52 bits per heavy atom. The number of aromatic nitrogens is 1. The maximum atomic E-state index is 5.71. The normalized spacial score (nSPS) is 16.2. The highest BCUT2D eigenvalue weighted by molar-refractivity contribution is 7.80. The van der Waals surface area contributed by atoms with E-state index in [4.69, 9.17) is 12.2 Å². The molecule has 1 aromatic carbocycles. The topological polar surface area (TPSA) is 28.2 Å². The van der Waals surface area contributed by atoms with Crippen LogP contribution in [0.2, 0.25) is 0 Å². The number of nitrogens with zero attached hydrogens (tertiary/aromatic N) is 2. The molecule has 0 saturated carbocycles. The summed E-state index contributed by atoms with van der Waals surface area (Å²) in [6.45, 7) is 3.18. The van der Waals surface area contributed by atoms with Gasteiger partial charge in [0, 0.05) is 6.20 Å². The molecule has 23 heavy (non-hydrogen) atoms. The summed E-state index contributed by atoms with van der Waals surface area (Å²) < 4.78 is 0. The molecule has 1 saturated heterocycles. The van der Waals surface area contributed by atoms with E-state index in [9.17, 15) is 0 Å². The van der Waals surface area contributed by atoms with Gasteiger partial charge < -0.3 is 5.32 Å². The highest BCUT2D eigenvalue weighted by Gasteiger charge is 2.20. The molecule has 0 spiro atoms. The highest BCUT2D eigenvalue weighted by atomic mass is 32.1. The molecule has 4 heteroatoms. The lowest BCUT2D eigenvalue weighted by Gasteiger charge is -2.22. The molecule has 0 aliphatic carbocycles. The third kappa shape index (κ3) is 4.60. The molecule has 1 atom stereocenters. The number of likely N-dealkylation sites (tertiary alicyclic amines) is 1. The number of hydrogen-bond acceptors (Lipinski definition) is 3. The summed E-state index contributed by atoms with van der Waals surface area (Å²) in [5, 5.41) is 3.46. The van der Waals surface area contributed by atoms with Gasteiger partial charge in [-0.05, 0) is 50.0 Å². The molecule has 120 valence electrons. The van der Waals surface area contributed by atoms with Crippen LogP contribution in [0, 0.1) is 0 Å². The second-order valence-electron chi connectivity index (χ2n) is 6.02. The van der Waals surface area contributed by atoms with Gasteiger partial charge in [0.15, 0.2) is 0 Å². The standard InChI is InChI=1S/C19H23N3S/c23-19(21-15-22-12-6-7-13-22)17(18-10-4-5-11-20-18)14-16-8-2-1-3-9-16/h1-5,8-11,17H,6-7,12-15H2,(H,21,23). The zero-order chi connectivity index (χ0) is 15.9. The molecule has 0 bridgehead atoms. The van der Waals surface area contributed by atoms with Crippen LogP contribution in [0.3, 0.4) is 0 Å². The van der Waals surface area contributed by atoms with Gasteiger partial charge >= 0.3 is 0 Å². The summed E-state index contributed by atoms with van der Waals surface area (Å²) in [5.74, 6) is 0.121. The van der Waals surface area contributed by atoms with Crippen LogP contribution in [0.5, 0.6) is 0 Å². The number of pyridine rings is 1. The predicted octanol–water partition coefficient (Wildman–Crippen LogP) is 3.38. The zero-order valence-electron chi connectivity index (χ0n) is 13.3. The molecule has 0 amide bonds. The molecule has 0 radical (unpaired) electrons. The summed E-state index contributed by atoms with van der Waals surface area (Å²) in [6, 6.07) is 16.5. The smallest absolute Gasteiger partial charge is 0.0858 e. The van der Waals surface area contributed by atoms with Crippen LogP contribution < -0.4 is 5.32 Å². The minimum Gasteiger partial charge on any atom is -0.366 e. The van der Waals surface area contributed by atoms with E-state index in [0.29, 0.717) is 0 Å². The van der Waals surface area contributed by atoms with Gasteiger partial charge in [0.1, 0.15) is 0 Å².